The molecule has 1 aromatic carbocycles. The zero-order valence-corrected chi connectivity index (χ0v) is 20.4. The molecule has 1 fully saturated rings. The first-order valence-corrected chi connectivity index (χ1v) is 12.1. The van der Waals surface area contributed by atoms with Gasteiger partial charge in [-0.25, -0.2) is 9.97 Å². The second-order valence-corrected chi connectivity index (χ2v) is 9.36. The third-order valence-corrected chi connectivity index (χ3v) is 6.97. The molecular weight excluding hydrogens is 442 g/mol. The van der Waals surface area contributed by atoms with Crippen molar-refractivity contribution >= 4 is 23.5 Å². The molecule has 2 aliphatic rings. The summed E-state index contributed by atoms with van der Waals surface area (Å²) in [5, 5.41) is 9.29. The van der Waals surface area contributed by atoms with Crippen LogP contribution in [0.3, 0.4) is 0 Å². The van der Waals surface area contributed by atoms with E-state index in [9.17, 15) is 9.59 Å². The SMILES string of the molecule is Cc1c(-c2ccnc(Nc3ccc(C(=O)NC4CCN(C)CC4)cc3)n2)c(C)n2c1C(=O)NCC2. The van der Waals surface area contributed by atoms with Crippen LogP contribution < -0.4 is 16.0 Å². The lowest BCUT2D eigenvalue weighted by Gasteiger charge is -2.29. The molecule has 3 aromatic rings. The molecule has 0 atom stereocenters. The maximum Gasteiger partial charge on any atom is 0.268 e. The number of benzene rings is 1. The van der Waals surface area contributed by atoms with E-state index in [0.29, 0.717) is 23.8 Å². The van der Waals surface area contributed by atoms with Gasteiger partial charge in [0.05, 0.1) is 5.69 Å². The largest absolute Gasteiger partial charge is 0.349 e. The molecule has 5 rings (SSSR count). The number of rotatable bonds is 5. The fraction of sp³-hybridized carbons (Fsp3) is 0.385. The Morgan fingerprint density at radius 2 is 1.83 bits per heavy atom. The van der Waals surface area contributed by atoms with Gasteiger partial charge in [0.15, 0.2) is 0 Å². The van der Waals surface area contributed by atoms with Crippen molar-refractivity contribution in [1.82, 2.24) is 30.1 Å². The summed E-state index contributed by atoms with van der Waals surface area (Å²) in [6.07, 6.45) is 3.66. The van der Waals surface area contributed by atoms with Gasteiger partial charge in [-0.1, -0.05) is 0 Å². The quantitative estimate of drug-likeness (QED) is 0.527. The Labute approximate surface area is 205 Å². The van der Waals surface area contributed by atoms with Crippen molar-refractivity contribution in [2.45, 2.75) is 39.3 Å². The van der Waals surface area contributed by atoms with Gasteiger partial charge in [0.2, 0.25) is 5.95 Å². The molecule has 182 valence electrons. The number of piperidine rings is 1. The predicted octanol–water partition coefficient (Wildman–Crippen LogP) is 2.87. The van der Waals surface area contributed by atoms with E-state index in [-0.39, 0.29) is 17.9 Å². The highest BCUT2D eigenvalue weighted by Gasteiger charge is 2.26. The van der Waals surface area contributed by atoms with Crippen LogP contribution in [-0.4, -0.2) is 64.0 Å². The van der Waals surface area contributed by atoms with E-state index in [1.54, 1.807) is 6.20 Å². The number of likely N-dealkylation sites (tertiary alicyclic amines) is 1. The van der Waals surface area contributed by atoms with Crippen LogP contribution in [0.1, 0.15) is 44.9 Å². The summed E-state index contributed by atoms with van der Waals surface area (Å²) in [6.45, 7) is 7.37. The molecule has 9 heteroatoms. The van der Waals surface area contributed by atoms with E-state index in [1.165, 1.54) is 0 Å². The van der Waals surface area contributed by atoms with E-state index in [2.05, 4.69) is 37.4 Å². The van der Waals surface area contributed by atoms with Crippen LogP contribution >= 0.6 is 0 Å². The Kier molecular flexibility index (Phi) is 6.25. The van der Waals surface area contributed by atoms with Gasteiger partial charge in [0.25, 0.3) is 11.8 Å². The molecule has 0 bridgehead atoms. The van der Waals surface area contributed by atoms with E-state index < -0.39 is 0 Å². The third-order valence-electron chi connectivity index (χ3n) is 6.97. The number of carbonyl (C=O) groups is 2. The van der Waals surface area contributed by atoms with Crippen LogP contribution in [0.15, 0.2) is 36.5 Å². The third kappa shape index (κ3) is 4.64. The molecule has 0 radical (unpaired) electrons. The molecule has 9 nitrogen and oxygen atoms in total. The number of carbonyl (C=O) groups excluding carboxylic acids is 2. The predicted molar refractivity (Wildman–Crippen MR) is 135 cm³/mol. The fourth-order valence-corrected chi connectivity index (χ4v) is 5.02. The summed E-state index contributed by atoms with van der Waals surface area (Å²) < 4.78 is 2.06. The average molecular weight is 474 g/mol. The minimum Gasteiger partial charge on any atom is -0.349 e. The molecular formula is C26H31N7O2. The van der Waals surface area contributed by atoms with Crippen LogP contribution in [0.4, 0.5) is 11.6 Å². The zero-order valence-electron chi connectivity index (χ0n) is 20.4. The summed E-state index contributed by atoms with van der Waals surface area (Å²) in [7, 11) is 2.11. The molecule has 1 saturated heterocycles. The Hall–Kier alpha value is -3.72. The van der Waals surface area contributed by atoms with Gasteiger partial charge in [0, 0.05) is 47.8 Å². The second-order valence-electron chi connectivity index (χ2n) is 9.36. The van der Waals surface area contributed by atoms with Crippen molar-refractivity contribution in [3.8, 4) is 11.3 Å². The van der Waals surface area contributed by atoms with Crippen molar-refractivity contribution in [2.75, 3.05) is 32.0 Å². The standard InChI is InChI=1S/C26H31N7O2/c1-16-22(17(2)33-15-12-27-25(35)23(16)33)21-8-11-28-26(31-21)30-19-6-4-18(5-7-19)24(34)29-20-9-13-32(3)14-10-20/h4-8,11,20H,9-10,12-15H2,1-3H3,(H,27,35)(H,29,34)(H,28,30,31). The highest BCUT2D eigenvalue weighted by atomic mass is 16.2. The van der Waals surface area contributed by atoms with Crippen molar-refractivity contribution in [3.63, 3.8) is 0 Å². The number of hydrogen-bond acceptors (Lipinski definition) is 6. The number of fused-ring (bicyclic) bond motifs is 1. The normalized spacial score (nSPS) is 16.5. The van der Waals surface area contributed by atoms with Crippen LogP contribution in [0.2, 0.25) is 0 Å². The van der Waals surface area contributed by atoms with Crippen molar-refractivity contribution in [2.24, 2.45) is 0 Å². The zero-order chi connectivity index (χ0) is 24.5. The molecule has 2 amide bonds. The summed E-state index contributed by atoms with van der Waals surface area (Å²) in [5.41, 5.74) is 5.80. The Morgan fingerprint density at radius 3 is 2.54 bits per heavy atom. The van der Waals surface area contributed by atoms with Crippen LogP contribution in [0.5, 0.6) is 0 Å². The van der Waals surface area contributed by atoms with Gasteiger partial charge in [-0.05, 0) is 82.7 Å². The van der Waals surface area contributed by atoms with Crippen LogP contribution in [-0.2, 0) is 6.54 Å². The summed E-state index contributed by atoms with van der Waals surface area (Å²) in [5.74, 6) is 0.367. The molecule has 4 heterocycles. The van der Waals surface area contributed by atoms with E-state index in [0.717, 1.165) is 60.7 Å². The van der Waals surface area contributed by atoms with Gasteiger partial charge >= 0.3 is 0 Å². The summed E-state index contributed by atoms with van der Waals surface area (Å²) in [6, 6.07) is 9.43. The van der Waals surface area contributed by atoms with Crippen molar-refractivity contribution in [3.05, 3.63) is 59.0 Å². The lowest BCUT2D eigenvalue weighted by Crippen LogP contribution is -2.43. The van der Waals surface area contributed by atoms with Crippen molar-refractivity contribution in [1.29, 1.82) is 0 Å². The van der Waals surface area contributed by atoms with E-state index in [4.69, 9.17) is 4.98 Å². The van der Waals surface area contributed by atoms with Gasteiger partial charge in [-0.3, -0.25) is 9.59 Å². The van der Waals surface area contributed by atoms with E-state index >= 15 is 0 Å². The van der Waals surface area contributed by atoms with Gasteiger partial charge in [-0.15, -0.1) is 0 Å². The van der Waals surface area contributed by atoms with Crippen LogP contribution in [0.25, 0.3) is 11.3 Å². The summed E-state index contributed by atoms with van der Waals surface area (Å²) >= 11 is 0. The Balaban J connectivity index is 1.30. The van der Waals surface area contributed by atoms with Crippen LogP contribution in [0, 0.1) is 13.8 Å². The van der Waals surface area contributed by atoms with Gasteiger partial charge in [-0.2, -0.15) is 0 Å². The minimum absolute atomic E-state index is 0.0444. The number of anilines is 2. The first-order valence-electron chi connectivity index (χ1n) is 12.1. The second kappa shape index (κ2) is 9.50. The van der Waals surface area contributed by atoms with E-state index in [1.807, 2.05) is 44.2 Å². The molecule has 2 aromatic heterocycles. The minimum atomic E-state index is -0.0459. The van der Waals surface area contributed by atoms with Gasteiger partial charge < -0.3 is 25.4 Å². The molecule has 0 spiro atoms. The lowest BCUT2D eigenvalue weighted by atomic mass is 10.0. The molecule has 3 N–H and O–H groups in total. The Bertz CT molecular complexity index is 1260. The molecule has 0 saturated carbocycles. The summed E-state index contributed by atoms with van der Waals surface area (Å²) in [4.78, 5) is 36.4. The molecule has 35 heavy (non-hydrogen) atoms. The smallest absolute Gasteiger partial charge is 0.268 e. The number of amides is 2. The lowest BCUT2D eigenvalue weighted by molar-refractivity contribution is 0.0912. The number of hydrogen-bond donors (Lipinski definition) is 3. The molecule has 0 unspecified atom stereocenters. The first kappa shape index (κ1) is 23.0. The monoisotopic (exact) mass is 473 g/mol. The maximum absolute atomic E-state index is 12.6. The maximum atomic E-state index is 12.6. The highest BCUT2D eigenvalue weighted by molar-refractivity contribution is 5.97. The Morgan fingerprint density at radius 1 is 1.09 bits per heavy atom. The first-order chi connectivity index (χ1) is 16.9. The van der Waals surface area contributed by atoms with Crippen molar-refractivity contribution < 1.29 is 9.59 Å². The fourth-order valence-electron chi connectivity index (χ4n) is 5.02. The molecule has 2 aliphatic heterocycles. The average Bonchev–Trinajstić information content (AvgIpc) is 3.12. The molecule has 0 aliphatic carbocycles. The number of aromatic nitrogens is 3. The highest BCUT2D eigenvalue weighted by Crippen LogP contribution is 2.32. The topological polar surface area (TPSA) is 104 Å². The number of nitrogens with one attached hydrogen (secondary N) is 3. The van der Waals surface area contributed by atoms with Gasteiger partial charge in [0.1, 0.15) is 5.69 Å². The number of nitrogens with zero attached hydrogens (tertiary/aromatic N) is 4.